The average Bonchev–Trinajstić information content (AvgIpc) is 2.94. The first-order valence-electron chi connectivity index (χ1n) is 8.29. The van der Waals surface area contributed by atoms with E-state index in [-0.39, 0.29) is 11.8 Å². The topological polar surface area (TPSA) is 106 Å². The van der Waals surface area contributed by atoms with Gasteiger partial charge in [0.25, 0.3) is 0 Å². The predicted molar refractivity (Wildman–Crippen MR) is 93.3 cm³/mol. The van der Waals surface area contributed by atoms with Crippen LogP contribution in [0.3, 0.4) is 0 Å². The lowest BCUT2D eigenvalue weighted by Gasteiger charge is -2.30. The molecule has 8 heteroatoms. The summed E-state index contributed by atoms with van der Waals surface area (Å²) in [5.41, 5.74) is 7.84. The van der Waals surface area contributed by atoms with Crippen LogP contribution in [0.2, 0.25) is 0 Å². The highest BCUT2D eigenvalue weighted by atomic mass is 16.2. The number of hydrogen-bond acceptors (Lipinski definition) is 4. The number of likely N-dealkylation sites (tertiary alicyclic amines) is 1. The van der Waals surface area contributed by atoms with Gasteiger partial charge in [0.2, 0.25) is 5.91 Å². The molecular formula is C17H22N6O2. The summed E-state index contributed by atoms with van der Waals surface area (Å²) < 4.78 is 1.76. The number of carbonyl (C=O) groups is 2. The zero-order valence-electron chi connectivity index (χ0n) is 14.4. The van der Waals surface area contributed by atoms with E-state index in [1.165, 1.54) is 4.90 Å². The van der Waals surface area contributed by atoms with Gasteiger partial charge in [-0.1, -0.05) is 0 Å². The highest BCUT2D eigenvalue weighted by molar-refractivity contribution is 5.93. The molecular weight excluding hydrogens is 320 g/mol. The normalized spacial score (nSPS) is 17.4. The van der Waals surface area contributed by atoms with Crippen LogP contribution in [0, 0.1) is 19.8 Å². The van der Waals surface area contributed by atoms with Crippen molar-refractivity contribution < 1.29 is 9.59 Å². The Morgan fingerprint density at radius 3 is 2.72 bits per heavy atom. The van der Waals surface area contributed by atoms with E-state index in [2.05, 4.69) is 15.4 Å². The Labute approximate surface area is 146 Å². The molecule has 0 saturated carbocycles. The first kappa shape index (κ1) is 16.9. The molecule has 0 aromatic carbocycles. The van der Waals surface area contributed by atoms with Gasteiger partial charge in [0.15, 0.2) is 5.82 Å². The van der Waals surface area contributed by atoms with E-state index in [9.17, 15) is 9.59 Å². The first-order chi connectivity index (χ1) is 11.9. The molecule has 1 saturated heterocycles. The number of rotatable bonds is 3. The van der Waals surface area contributed by atoms with Gasteiger partial charge in [0, 0.05) is 18.8 Å². The number of primary amides is 1. The molecule has 1 atom stereocenters. The third kappa shape index (κ3) is 3.78. The summed E-state index contributed by atoms with van der Waals surface area (Å²) in [5, 5.41) is 7.25. The predicted octanol–water partition coefficient (Wildman–Crippen LogP) is 1.61. The molecule has 25 heavy (non-hydrogen) atoms. The lowest BCUT2D eigenvalue weighted by Crippen LogP contribution is -2.46. The van der Waals surface area contributed by atoms with E-state index in [1.54, 1.807) is 16.9 Å². The van der Waals surface area contributed by atoms with Crippen molar-refractivity contribution in [1.82, 2.24) is 19.7 Å². The Bertz CT molecular complexity index is 783. The third-order valence-electron chi connectivity index (χ3n) is 4.35. The molecule has 0 radical (unpaired) electrons. The van der Waals surface area contributed by atoms with Crippen molar-refractivity contribution in [2.24, 2.45) is 11.7 Å². The Morgan fingerprint density at radius 2 is 2.12 bits per heavy atom. The van der Waals surface area contributed by atoms with Crippen LogP contribution in [-0.2, 0) is 4.79 Å². The molecule has 1 fully saturated rings. The fourth-order valence-corrected chi connectivity index (χ4v) is 3.08. The molecule has 3 N–H and O–H groups in total. The van der Waals surface area contributed by atoms with Gasteiger partial charge < -0.3 is 16.0 Å². The lowest BCUT2D eigenvalue weighted by molar-refractivity contribution is -0.121. The Morgan fingerprint density at radius 1 is 1.32 bits per heavy atom. The number of hydrogen-bond donors (Lipinski definition) is 2. The van der Waals surface area contributed by atoms with E-state index in [0.29, 0.717) is 24.6 Å². The van der Waals surface area contributed by atoms with Crippen LogP contribution >= 0.6 is 0 Å². The van der Waals surface area contributed by atoms with Crippen LogP contribution in [0.4, 0.5) is 10.5 Å². The largest absolute Gasteiger partial charge is 0.351 e. The van der Waals surface area contributed by atoms with Crippen molar-refractivity contribution in [2.75, 3.05) is 18.4 Å². The molecule has 1 aliphatic rings. The minimum absolute atomic E-state index is 0.119. The highest BCUT2D eigenvalue weighted by Crippen LogP contribution is 2.19. The number of nitrogens with one attached hydrogen (secondary N) is 1. The maximum atomic E-state index is 12.4. The minimum atomic E-state index is -0.478. The average molecular weight is 342 g/mol. The lowest BCUT2D eigenvalue weighted by atomic mass is 9.97. The van der Waals surface area contributed by atoms with Crippen LogP contribution < -0.4 is 11.1 Å². The molecule has 1 unspecified atom stereocenters. The van der Waals surface area contributed by atoms with Gasteiger partial charge in [-0.2, -0.15) is 5.10 Å². The molecule has 0 bridgehead atoms. The second-order valence-electron chi connectivity index (χ2n) is 6.36. The number of anilines is 1. The quantitative estimate of drug-likeness (QED) is 0.884. The van der Waals surface area contributed by atoms with Crippen molar-refractivity contribution in [2.45, 2.75) is 26.7 Å². The number of piperidine rings is 1. The molecule has 132 valence electrons. The molecule has 1 aliphatic heterocycles. The molecule has 3 amide bonds. The SMILES string of the molecule is Cc1cc(C)n(-c2ccc(NC(=O)C3CCCN(C(N)=O)C3)cn2)n1. The Kier molecular flexibility index (Phi) is 4.69. The van der Waals surface area contributed by atoms with E-state index in [0.717, 1.165) is 24.2 Å². The van der Waals surface area contributed by atoms with E-state index in [1.807, 2.05) is 26.0 Å². The zero-order chi connectivity index (χ0) is 18.0. The molecule has 8 nitrogen and oxygen atoms in total. The standard InChI is InChI=1S/C17H22N6O2/c1-11-8-12(2)23(21-11)15-6-5-14(9-19-15)20-16(24)13-4-3-7-22(10-13)17(18)25/h5-6,8-9,13H,3-4,7,10H2,1-2H3,(H2,18,25)(H,20,24). The summed E-state index contributed by atoms with van der Waals surface area (Å²) in [7, 11) is 0. The third-order valence-corrected chi connectivity index (χ3v) is 4.35. The molecule has 0 spiro atoms. The zero-order valence-corrected chi connectivity index (χ0v) is 14.4. The molecule has 0 aliphatic carbocycles. The van der Waals surface area contributed by atoms with Gasteiger partial charge in [-0.25, -0.2) is 14.5 Å². The number of nitrogens with zero attached hydrogens (tertiary/aromatic N) is 4. The van der Waals surface area contributed by atoms with Crippen molar-refractivity contribution in [3.8, 4) is 5.82 Å². The van der Waals surface area contributed by atoms with E-state index >= 15 is 0 Å². The highest BCUT2D eigenvalue weighted by Gasteiger charge is 2.27. The van der Waals surface area contributed by atoms with Crippen LogP contribution in [0.1, 0.15) is 24.2 Å². The van der Waals surface area contributed by atoms with E-state index < -0.39 is 6.03 Å². The number of pyridine rings is 1. The van der Waals surface area contributed by atoms with Gasteiger partial charge >= 0.3 is 6.03 Å². The van der Waals surface area contributed by atoms with Crippen molar-refractivity contribution >= 4 is 17.6 Å². The number of nitrogens with two attached hydrogens (primary N) is 1. The fraction of sp³-hybridized carbons (Fsp3) is 0.412. The second-order valence-corrected chi connectivity index (χ2v) is 6.36. The second kappa shape index (κ2) is 6.92. The first-order valence-corrected chi connectivity index (χ1v) is 8.29. The fourth-order valence-electron chi connectivity index (χ4n) is 3.08. The van der Waals surface area contributed by atoms with Crippen molar-refractivity contribution in [1.29, 1.82) is 0 Å². The summed E-state index contributed by atoms with van der Waals surface area (Å²) in [6, 6.07) is 5.11. The smallest absolute Gasteiger partial charge is 0.314 e. The van der Waals surface area contributed by atoms with Gasteiger partial charge in [-0.3, -0.25) is 4.79 Å². The summed E-state index contributed by atoms with van der Waals surface area (Å²) in [6.45, 7) is 4.86. The molecule has 2 aromatic rings. The van der Waals surface area contributed by atoms with Crippen LogP contribution in [0.15, 0.2) is 24.4 Å². The number of amides is 3. The molecule has 2 aromatic heterocycles. The van der Waals surface area contributed by atoms with Gasteiger partial charge in [-0.05, 0) is 44.9 Å². The van der Waals surface area contributed by atoms with E-state index in [4.69, 9.17) is 5.73 Å². The van der Waals surface area contributed by atoms with Crippen molar-refractivity contribution in [3.05, 3.63) is 35.8 Å². The summed E-state index contributed by atoms with van der Waals surface area (Å²) in [6.07, 6.45) is 3.13. The summed E-state index contributed by atoms with van der Waals surface area (Å²) in [4.78, 5) is 29.6. The number of urea groups is 1. The van der Waals surface area contributed by atoms with Gasteiger partial charge in [0.05, 0.1) is 23.5 Å². The maximum Gasteiger partial charge on any atom is 0.314 e. The monoisotopic (exact) mass is 342 g/mol. The minimum Gasteiger partial charge on any atom is -0.351 e. The Hall–Kier alpha value is -2.90. The molecule has 3 rings (SSSR count). The summed E-state index contributed by atoms with van der Waals surface area (Å²) in [5.74, 6) is 0.324. The van der Waals surface area contributed by atoms with Crippen LogP contribution in [-0.4, -0.2) is 44.7 Å². The van der Waals surface area contributed by atoms with Gasteiger partial charge in [-0.15, -0.1) is 0 Å². The number of aryl methyl sites for hydroxylation is 2. The number of carbonyl (C=O) groups excluding carboxylic acids is 2. The van der Waals surface area contributed by atoms with Gasteiger partial charge in [0.1, 0.15) is 0 Å². The number of aromatic nitrogens is 3. The Balaban J connectivity index is 1.66. The van der Waals surface area contributed by atoms with Crippen molar-refractivity contribution in [3.63, 3.8) is 0 Å². The van der Waals surface area contributed by atoms with Crippen LogP contribution in [0.25, 0.3) is 5.82 Å². The molecule has 3 heterocycles. The maximum absolute atomic E-state index is 12.4. The van der Waals surface area contributed by atoms with Crippen LogP contribution in [0.5, 0.6) is 0 Å². The summed E-state index contributed by atoms with van der Waals surface area (Å²) >= 11 is 0.